The number of pyridine rings is 1. The lowest BCUT2D eigenvalue weighted by Gasteiger charge is -2.08. The van der Waals surface area contributed by atoms with E-state index in [0.717, 1.165) is 16.5 Å². The number of aromatic carboxylic acids is 1. The molecular formula is C17H12FNO2. The summed E-state index contributed by atoms with van der Waals surface area (Å²) < 4.78 is 13.9. The molecule has 0 fully saturated rings. The highest BCUT2D eigenvalue weighted by molar-refractivity contribution is 5.88. The molecule has 1 N–H and O–H groups in total. The predicted octanol–water partition coefficient (Wildman–Crippen LogP) is 3.66. The molecule has 3 rings (SSSR count). The summed E-state index contributed by atoms with van der Waals surface area (Å²) in [5.41, 5.74) is 2.21. The minimum Gasteiger partial charge on any atom is -0.478 e. The van der Waals surface area contributed by atoms with Crippen LogP contribution in [0, 0.1) is 5.82 Å². The molecule has 0 unspecified atom stereocenters. The molecule has 4 heteroatoms. The first-order chi connectivity index (χ1) is 10.1. The Morgan fingerprint density at radius 1 is 1.10 bits per heavy atom. The van der Waals surface area contributed by atoms with Crippen LogP contribution in [0.25, 0.3) is 10.9 Å². The van der Waals surface area contributed by atoms with Crippen LogP contribution in [0.15, 0.2) is 54.7 Å². The quantitative estimate of drug-likeness (QED) is 0.797. The van der Waals surface area contributed by atoms with Crippen molar-refractivity contribution in [3.05, 3.63) is 77.2 Å². The Morgan fingerprint density at radius 3 is 2.71 bits per heavy atom. The Hall–Kier alpha value is -2.75. The van der Waals surface area contributed by atoms with Crippen LogP contribution in [0.1, 0.15) is 21.5 Å². The Morgan fingerprint density at radius 2 is 1.90 bits per heavy atom. The van der Waals surface area contributed by atoms with E-state index in [0.29, 0.717) is 12.0 Å². The molecule has 0 saturated carbocycles. The average molecular weight is 281 g/mol. The second kappa shape index (κ2) is 5.32. The lowest BCUT2D eigenvalue weighted by molar-refractivity contribution is 0.0696. The smallest absolute Gasteiger partial charge is 0.335 e. The Kier molecular flexibility index (Phi) is 3.36. The van der Waals surface area contributed by atoms with Gasteiger partial charge in [0.15, 0.2) is 0 Å². The Bertz CT molecular complexity index is 825. The molecule has 0 aliphatic rings. The third-order valence-corrected chi connectivity index (χ3v) is 3.41. The van der Waals surface area contributed by atoms with Crippen LogP contribution in [-0.4, -0.2) is 16.1 Å². The number of benzene rings is 2. The molecule has 0 spiro atoms. The maximum Gasteiger partial charge on any atom is 0.335 e. The summed E-state index contributed by atoms with van der Waals surface area (Å²) >= 11 is 0. The normalized spacial score (nSPS) is 10.7. The summed E-state index contributed by atoms with van der Waals surface area (Å²) in [4.78, 5) is 15.3. The minimum atomic E-state index is -1.06. The van der Waals surface area contributed by atoms with Crippen LogP contribution in [0.4, 0.5) is 4.39 Å². The number of carbonyl (C=O) groups is 1. The van der Waals surface area contributed by atoms with Crippen molar-refractivity contribution >= 4 is 16.9 Å². The number of carboxylic acids is 1. The fourth-order valence-corrected chi connectivity index (χ4v) is 2.36. The standard InChI is InChI=1S/C17H12FNO2/c18-15-6-5-12(17(20)21)10-13(15)9-11-7-8-19-16-4-2-1-3-14(11)16/h1-8,10H,9H2,(H,20,21). The number of fused-ring (bicyclic) bond motifs is 1. The molecule has 0 amide bonds. The average Bonchev–Trinajstić information content (AvgIpc) is 2.49. The molecule has 3 nitrogen and oxygen atoms in total. The highest BCUT2D eigenvalue weighted by Crippen LogP contribution is 2.21. The molecule has 0 aliphatic heterocycles. The Balaban J connectivity index is 2.06. The van der Waals surface area contributed by atoms with E-state index in [1.807, 2.05) is 30.3 Å². The number of halogens is 1. The number of carboxylic acid groups (broad SMARTS) is 1. The number of hydrogen-bond acceptors (Lipinski definition) is 2. The number of hydrogen-bond donors (Lipinski definition) is 1. The van der Waals surface area contributed by atoms with E-state index in [2.05, 4.69) is 4.98 Å². The van der Waals surface area contributed by atoms with Gasteiger partial charge in [0.1, 0.15) is 5.82 Å². The first kappa shape index (κ1) is 13.2. The van der Waals surface area contributed by atoms with Crippen molar-refractivity contribution in [1.82, 2.24) is 4.98 Å². The van der Waals surface area contributed by atoms with Gasteiger partial charge in [0, 0.05) is 18.0 Å². The van der Waals surface area contributed by atoms with Gasteiger partial charge >= 0.3 is 5.97 Å². The molecule has 0 bridgehead atoms. The second-order valence-electron chi connectivity index (χ2n) is 4.78. The monoisotopic (exact) mass is 281 g/mol. The summed E-state index contributed by atoms with van der Waals surface area (Å²) in [5.74, 6) is -1.46. The molecule has 0 saturated heterocycles. The summed E-state index contributed by atoms with van der Waals surface area (Å²) in [6.45, 7) is 0. The van der Waals surface area contributed by atoms with E-state index in [1.54, 1.807) is 6.20 Å². The van der Waals surface area contributed by atoms with Crippen LogP contribution in [0.3, 0.4) is 0 Å². The summed E-state index contributed by atoms with van der Waals surface area (Å²) in [5, 5.41) is 9.95. The molecule has 0 atom stereocenters. The molecule has 2 aromatic carbocycles. The third kappa shape index (κ3) is 2.60. The molecule has 104 valence electrons. The fraction of sp³-hybridized carbons (Fsp3) is 0.0588. The highest BCUT2D eigenvalue weighted by atomic mass is 19.1. The minimum absolute atomic E-state index is 0.0877. The van der Waals surface area contributed by atoms with Crippen LogP contribution >= 0.6 is 0 Å². The van der Waals surface area contributed by atoms with Crippen molar-refractivity contribution < 1.29 is 14.3 Å². The maximum atomic E-state index is 13.9. The van der Waals surface area contributed by atoms with Crippen molar-refractivity contribution in [2.45, 2.75) is 6.42 Å². The van der Waals surface area contributed by atoms with Gasteiger partial charge in [0.2, 0.25) is 0 Å². The van der Waals surface area contributed by atoms with Crippen LogP contribution in [-0.2, 0) is 6.42 Å². The first-order valence-electron chi connectivity index (χ1n) is 6.49. The molecular weight excluding hydrogens is 269 g/mol. The van der Waals surface area contributed by atoms with Crippen molar-refractivity contribution in [2.24, 2.45) is 0 Å². The number of aromatic nitrogens is 1. The molecule has 3 aromatic rings. The van der Waals surface area contributed by atoms with Gasteiger partial charge in [-0.3, -0.25) is 4.98 Å². The third-order valence-electron chi connectivity index (χ3n) is 3.41. The zero-order valence-corrected chi connectivity index (χ0v) is 11.1. The second-order valence-corrected chi connectivity index (χ2v) is 4.78. The zero-order chi connectivity index (χ0) is 14.8. The lowest BCUT2D eigenvalue weighted by atomic mass is 9.99. The number of para-hydroxylation sites is 1. The van der Waals surface area contributed by atoms with Gasteiger partial charge < -0.3 is 5.11 Å². The summed E-state index contributed by atoms with van der Waals surface area (Å²) in [6, 6.07) is 13.3. The molecule has 21 heavy (non-hydrogen) atoms. The Labute approximate surface area is 120 Å². The van der Waals surface area contributed by atoms with Crippen molar-refractivity contribution in [1.29, 1.82) is 0 Å². The highest BCUT2D eigenvalue weighted by Gasteiger charge is 2.10. The van der Waals surface area contributed by atoms with Crippen molar-refractivity contribution in [3.8, 4) is 0 Å². The van der Waals surface area contributed by atoms with Crippen LogP contribution < -0.4 is 0 Å². The molecule has 0 aliphatic carbocycles. The van der Waals surface area contributed by atoms with E-state index in [1.165, 1.54) is 18.2 Å². The van der Waals surface area contributed by atoms with E-state index in [9.17, 15) is 9.18 Å². The van der Waals surface area contributed by atoms with Gasteiger partial charge in [0.05, 0.1) is 11.1 Å². The zero-order valence-electron chi connectivity index (χ0n) is 11.1. The predicted molar refractivity (Wildman–Crippen MR) is 77.9 cm³/mol. The molecule has 1 heterocycles. The lowest BCUT2D eigenvalue weighted by Crippen LogP contribution is -2.01. The van der Waals surface area contributed by atoms with Gasteiger partial charge in [-0.2, -0.15) is 0 Å². The van der Waals surface area contributed by atoms with Crippen LogP contribution in [0.2, 0.25) is 0 Å². The van der Waals surface area contributed by atoms with Gasteiger partial charge in [0.25, 0.3) is 0 Å². The van der Waals surface area contributed by atoms with E-state index in [-0.39, 0.29) is 5.56 Å². The number of nitrogens with zero attached hydrogens (tertiary/aromatic N) is 1. The van der Waals surface area contributed by atoms with E-state index >= 15 is 0 Å². The molecule has 0 radical (unpaired) electrons. The number of rotatable bonds is 3. The first-order valence-corrected chi connectivity index (χ1v) is 6.49. The largest absolute Gasteiger partial charge is 0.478 e. The molecule has 1 aromatic heterocycles. The van der Waals surface area contributed by atoms with Crippen molar-refractivity contribution in [2.75, 3.05) is 0 Å². The maximum absolute atomic E-state index is 13.9. The fourth-order valence-electron chi connectivity index (χ4n) is 2.36. The van der Waals surface area contributed by atoms with Gasteiger partial charge in [-0.25, -0.2) is 9.18 Å². The SMILES string of the molecule is O=C(O)c1ccc(F)c(Cc2ccnc3ccccc23)c1. The van der Waals surface area contributed by atoms with Gasteiger partial charge in [-0.1, -0.05) is 18.2 Å². The summed E-state index contributed by atoms with van der Waals surface area (Å²) in [7, 11) is 0. The summed E-state index contributed by atoms with van der Waals surface area (Å²) in [6.07, 6.45) is 2.01. The van der Waals surface area contributed by atoms with Crippen molar-refractivity contribution in [3.63, 3.8) is 0 Å². The van der Waals surface area contributed by atoms with Gasteiger partial charge in [-0.05, 0) is 41.5 Å². The van der Waals surface area contributed by atoms with Crippen LogP contribution in [0.5, 0.6) is 0 Å². The van der Waals surface area contributed by atoms with Gasteiger partial charge in [-0.15, -0.1) is 0 Å². The topological polar surface area (TPSA) is 50.2 Å². The van der Waals surface area contributed by atoms with E-state index < -0.39 is 11.8 Å². The van der Waals surface area contributed by atoms with E-state index in [4.69, 9.17) is 5.11 Å².